The van der Waals surface area contributed by atoms with E-state index in [1.54, 1.807) is 0 Å². The summed E-state index contributed by atoms with van der Waals surface area (Å²) in [5, 5.41) is 9.70. The topological polar surface area (TPSA) is 37.5 Å². The Morgan fingerprint density at radius 2 is 1.85 bits per heavy atom. The summed E-state index contributed by atoms with van der Waals surface area (Å²) in [7, 11) is 0. The van der Waals surface area contributed by atoms with Crippen molar-refractivity contribution in [3.8, 4) is 11.3 Å². The van der Waals surface area contributed by atoms with Gasteiger partial charge in [-0.15, -0.1) is 0 Å². The van der Waals surface area contributed by atoms with Gasteiger partial charge in [0, 0.05) is 11.8 Å². The van der Waals surface area contributed by atoms with Gasteiger partial charge in [0.1, 0.15) is 5.65 Å². The van der Waals surface area contributed by atoms with Gasteiger partial charge in [-0.1, -0.05) is 12.1 Å². The second-order valence-corrected chi connectivity index (χ2v) is 5.30. The zero-order valence-electron chi connectivity index (χ0n) is 12.0. The minimum absolute atomic E-state index is 0.0213. The van der Waals surface area contributed by atoms with Crippen LogP contribution in [0.4, 0.5) is 0 Å². The number of hydrogen-bond acceptors (Lipinski definition) is 2. The fraction of sp³-hybridized carbons (Fsp3) is 0.235. The van der Waals surface area contributed by atoms with Crippen LogP contribution < -0.4 is 0 Å². The Bertz CT molecular complexity index is 787. The van der Waals surface area contributed by atoms with E-state index in [0.29, 0.717) is 0 Å². The highest BCUT2D eigenvalue weighted by molar-refractivity contribution is 5.67. The van der Waals surface area contributed by atoms with Gasteiger partial charge in [-0.25, -0.2) is 4.98 Å². The van der Waals surface area contributed by atoms with Crippen LogP contribution in [0, 0.1) is 20.8 Å². The molecule has 0 saturated carbocycles. The van der Waals surface area contributed by atoms with Crippen molar-refractivity contribution in [3.05, 3.63) is 58.9 Å². The highest BCUT2D eigenvalue weighted by Crippen LogP contribution is 2.26. The van der Waals surface area contributed by atoms with Crippen LogP contribution in [0.15, 0.2) is 36.5 Å². The van der Waals surface area contributed by atoms with Gasteiger partial charge >= 0.3 is 0 Å². The first-order valence-electron chi connectivity index (χ1n) is 6.76. The maximum absolute atomic E-state index is 9.70. The number of fused-ring (bicyclic) bond motifs is 1. The molecule has 0 unspecified atom stereocenters. The lowest BCUT2D eigenvalue weighted by molar-refractivity contribution is 0.276. The van der Waals surface area contributed by atoms with Gasteiger partial charge in [0.2, 0.25) is 0 Å². The van der Waals surface area contributed by atoms with Gasteiger partial charge in [-0.3, -0.25) is 0 Å². The Morgan fingerprint density at radius 3 is 2.55 bits per heavy atom. The molecule has 0 amide bonds. The number of rotatable bonds is 2. The third kappa shape index (κ3) is 2.00. The molecule has 3 rings (SSSR count). The normalized spacial score (nSPS) is 11.2. The van der Waals surface area contributed by atoms with Crippen molar-refractivity contribution in [2.45, 2.75) is 27.4 Å². The summed E-state index contributed by atoms with van der Waals surface area (Å²) >= 11 is 0. The van der Waals surface area contributed by atoms with Crippen LogP contribution in [0.5, 0.6) is 0 Å². The molecule has 0 spiro atoms. The Kier molecular flexibility index (Phi) is 3.07. The number of imidazole rings is 1. The first kappa shape index (κ1) is 12.9. The van der Waals surface area contributed by atoms with Crippen LogP contribution in [-0.4, -0.2) is 14.5 Å². The lowest BCUT2D eigenvalue weighted by Crippen LogP contribution is -1.94. The Morgan fingerprint density at radius 1 is 1.05 bits per heavy atom. The summed E-state index contributed by atoms with van der Waals surface area (Å²) in [6.45, 7) is 6.21. The van der Waals surface area contributed by atoms with E-state index in [-0.39, 0.29) is 6.61 Å². The molecule has 102 valence electrons. The zero-order chi connectivity index (χ0) is 14.3. The highest BCUT2D eigenvalue weighted by atomic mass is 16.3. The van der Waals surface area contributed by atoms with Gasteiger partial charge in [0.25, 0.3) is 0 Å². The summed E-state index contributed by atoms with van der Waals surface area (Å²) in [6.07, 6.45) is 1.97. The maximum atomic E-state index is 9.70. The van der Waals surface area contributed by atoms with Crippen LogP contribution in [0.2, 0.25) is 0 Å². The molecule has 3 nitrogen and oxygen atoms in total. The lowest BCUT2D eigenvalue weighted by atomic mass is 10.0. The van der Waals surface area contributed by atoms with Gasteiger partial charge in [0.05, 0.1) is 18.0 Å². The van der Waals surface area contributed by atoms with Crippen molar-refractivity contribution in [2.75, 3.05) is 0 Å². The molecule has 2 aromatic heterocycles. The van der Waals surface area contributed by atoms with Gasteiger partial charge < -0.3 is 9.51 Å². The Hall–Kier alpha value is -2.13. The standard InChI is InChI=1S/C17H18N2O/c1-11-6-7-19-15(10-20)17(18-16(19)8-11)14-5-4-12(2)13(3)9-14/h4-9,20H,10H2,1-3H3. The Labute approximate surface area is 118 Å². The van der Waals surface area contributed by atoms with Crippen LogP contribution >= 0.6 is 0 Å². The molecule has 0 saturated heterocycles. The number of aliphatic hydroxyl groups is 1. The molecule has 0 fully saturated rings. The van der Waals surface area contributed by atoms with Crippen LogP contribution in [0.1, 0.15) is 22.4 Å². The van der Waals surface area contributed by atoms with E-state index in [0.717, 1.165) is 22.6 Å². The molecule has 1 aromatic carbocycles. The van der Waals surface area contributed by atoms with E-state index in [1.807, 2.05) is 29.7 Å². The summed E-state index contributed by atoms with van der Waals surface area (Å²) < 4.78 is 1.96. The predicted octanol–water partition coefficient (Wildman–Crippen LogP) is 3.42. The van der Waals surface area contributed by atoms with E-state index < -0.39 is 0 Å². The Balaban J connectivity index is 2.26. The first-order valence-corrected chi connectivity index (χ1v) is 6.76. The molecule has 0 bridgehead atoms. The average Bonchev–Trinajstić information content (AvgIpc) is 2.79. The molecule has 3 aromatic rings. The summed E-state index contributed by atoms with van der Waals surface area (Å²) in [5.74, 6) is 0. The van der Waals surface area contributed by atoms with Crippen molar-refractivity contribution in [1.29, 1.82) is 0 Å². The molecule has 0 aliphatic heterocycles. The predicted molar refractivity (Wildman–Crippen MR) is 80.8 cm³/mol. The quantitative estimate of drug-likeness (QED) is 0.771. The van der Waals surface area contributed by atoms with Crippen molar-refractivity contribution in [2.24, 2.45) is 0 Å². The number of pyridine rings is 1. The molecule has 3 heteroatoms. The van der Waals surface area contributed by atoms with E-state index in [9.17, 15) is 5.11 Å². The van der Waals surface area contributed by atoms with Crippen molar-refractivity contribution >= 4 is 5.65 Å². The van der Waals surface area contributed by atoms with Crippen molar-refractivity contribution in [3.63, 3.8) is 0 Å². The first-order chi connectivity index (χ1) is 9.60. The van der Waals surface area contributed by atoms with E-state index in [4.69, 9.17) is 0 Å². The van der Waals surface area contributed by atoms with E-state index in [2.05, 4.69) is 37.0 Å². The van der Waals surface area contributed by atoms with E-state index in [1.165, 1.54) is 16.7 Å². The van der Waals surface area contributed by atoms with Gasteiger partial charge in [-0.05, 0) is 55.7 Å². The molecule has 2 heterocycles. The molecule has 0 radical (unpaired) electrons. The number of benzene rings is 1. The highest BCUT2D eigenvalue weighted by Gasteiger charge is 2.13. The van der Waals surface area contributed by atoms with Crippen molar-refractivity contribution < 1.29 is 5.11 Å². The van der Waals surface area contributed by atoms with Crippen LogP contribution in [-0.2, 0) is 6.61 Å². The second-order valence-electron chi connectivity index (χ2n) is 5.30. The molecule has 20 heavy (non-hydrogen) atoms. The van der Waals surface area contributed by atoms with Gasteiger partial charge in [0.15, 0.2) is 0 Å². The number of nitrogens with zero attached hydrogens (tertiary/aromatic N) is 2. The monoisotopic (exact) mass is 266 g/mol. The molecule has 0 aliphatic carbocycles. The van der Waals surface area contributed by atoms with Crippen molar-refractivity contribution in [1.82, 2.24) is 9.38 Å². The molecule has 0 atom stereocenters. The number of aryl methyl sites for hydroxylation is 3. The second kappa shape index (κ2) is 4.76. The number of aromatic nitrogens is 2. The SMILES string of the molecule is Cc1ccn2c(CO)c(-c3ccc(C)c(C)c3)nc2c1. The maximum Gasteiger partial charge on any atom is 0.138 e. The zero-order valence-corrected chi connectivity index (χ0v) is 12.0. The van der Waals surface area contributed by atoms with Crippen LogP contribution in [0.25, 0.3) is 16.9 Å². The minimum atomic E-state index is -0.0213. The fourth-order valence-corrected chi connectivity index (χ4v) is 2.47. The third-order valence-corrected chi connectivity index (χ3v) is 3.81. The van der Waals surface area contributed by atoms with Gasteiger partial charge in [-0.2, -0.15) is 0 Å². The third-order valence-electron chi connectivity index (χ3n) is 3.81. The number of aliphatic hydroxyl groups excluding tert-OH is 1. The average molecular weight is 266 g/mol. The largest absolute Gasteiger partial charge is 0.390 e. The van der Waals surface area contributed by atoms with Crippen LogP contribution in [0.3, 0.4) is 0 Å². The molecular formula is C17H18N2O. The molecule has 1 N–H and O–H groups in total. The summed E-state index contributed by atoms with van der Waals surface area (Å²) in [6, 6.07) is 10.3. The fourth-order valence-electron chi connectivity index (χ4n) is 2.47. The summed E-state index contributed by atoms with van der Waals surface area (Å²) in [4.78, 5) is 4.69. The summed E-state index contributed by atoms with van der Waals surface area (Å²) in [5.41, 5.74) is 7.29. The molecule has 0 aliphatic rings. The molecular weight excluding hydrogens is 248 g/mol. The smallest absolute Gasteiger partial charge is 0.138 e. The lowest BCUT2D eigenvalue weighted by Gasteiger charge is -2.05. The minimum Gasteiger partial charge on any atom is -0.390 e. The number of hydrogen-bond donors (Lipinski definition) is 1. The van der Waals surface area contributed by atoms with E-state index >= 15 is 0 Å².